The second-order valence-electron chi connectivity index (χ2n) is 10.7. The highest BCUT2D eigenvalue weighted by Gasteiger charge is 2.23. The number of fused-ring (bicyclic) bond motifs is 2. The van der Waals surface area contributed by atoms with Gasteiger partial charge in [0, 0.05) is 29.3 Å². The number of nitrogen functional groups attached to an aromatic ring is 2. The van der Waals surface area contributed by atoms with Crippen LogP contribution in [-0.4, -0.2) is 36.2 Å². The molecule has 0 bridgehead atoms. The van der Waals surface area contributed by atoms with Crippen molar-refractivity contribution in [3.8, 4) is 22.6 Å². The van der Waals surface area contributed by atoms with E-state index in [1.54, 1.807) is 24.3 Å². The zero-order valence-corrected chi connectivity index (χ0v) is 31.0. The Morgan fingerprint density at radius 3 is 1.16 bits per heavy atom. The third-order valence-electron chi connectivity index (χ3n) is 7.53. The van der Waals surface area contributed by atoms with Crippen molar-refractivity contribution in [3.05, 3.63) is 92.1 Å². The molecule has 254 valence electrons. The lowest BCUT2D eigenvalue weighted by Gasteiger charge is -2.12. The summed E-state index contributed by atoms with van der Waals surface area (Å²) in [5.74, 6) is -0.774. The van der Waals surface area contributed by atoms with Gasteiger partial charge in [-0.05, 0) is 117 Å². The topological polar surface area (TPSA) is 251 Å². The molecule has 0 amide bonds. The van der Waals surface area contributed by atoms with Gasteiger partial charge in [-0.15, -0.1) is 10.2 Å². The lowest BCUT2D eigenvalue weighted by molar-refractivity contribution is 0.480. The van der Waals surface area contributed by atoms with E-state index < -0.39 is 20.2 Å². The average Bonchev–Trinajstić information content (AvgIpc) is 3.06. The molecule has 6 aromatic carbocycles. The third kappa shape index (κ3) is 6.81. The Kier molecular flexibility index (Phi) is 9.43. The second-order valence-corrected chi connectivity index (χ2v) is 15.8. The van der Waals surface area contributed by atoms with Gasteiger partial charge < -0.3 is 21.7 Å². The molecule has 50 heavy (non-hydrogen) atoms. The summed E-state index contributed by atoms with van der Waals surface area (Å²) in [6.45, 7) is 0. The number of aromatic hydroxyl groups is 2. The maximum absolute atomic E-state index is 11.9. The maximum atomic E-state index is 11.9. The first-order valence-corrected chi connectivity index (χ1v) is 19.0. The van der Waals surface area contributed by atoms with Crippen LogP contribution in [0.2, 0.25) is 0 Å². The Labute approximate surface area is 311 Å². The highest BCUT2D eigenvalue weighted by molar-refractivity contribution is 14.1. The molecule has 6 rings (SSSR count). The Morgan fingerprint density at radius 1 is 0.500 bits per heavy atom. The van der Waals surface area contributed by atoms with E-state index in [1.807, 2.05) is 69.4 Å². The fourth-order valence-electron chi connectivity index (χ4n) is 5.21. The van der Waals surface area contributed by atoms with Gasteiger partial charge in [-0.1, -0.05) is 24.3 Å². The van der Waals surface area contributed by atoms with E-state index in [4.69, 9.17) is 11.5 Å². The predicted molar refractivity (Wildman–Crippen MR) is 205 cm³/mol. The van der Waals surface area contributed by atoms with Gasteiger partial charge >= 0.3 is 0 Å². The van der Waals surface area contributed by atoms with E-state index in [2.05, 4.69) is 20.5 Å². The maximum Gasteiger partial charge on any atom is 0.295 e. The minimum absolute atomic E-state index is 0.0297. The monoisotopic (exact) mass is 936 g/mol. The minimum Gasteiger partial charge on any atom is -0.505 e. The zero-order valence-electron chi connectivity index (χ0n) is 25.0. The molecular weight excluding hydrogens is 914 g/mol. The molecule has 0 aromatic heterocycles. The van der Waals surface area contributed by atoms with E-state index in [0.29, 0.717) is 18.5 Å². The lowest BCUT2D eigenvalue weighted by Crippen LogP contribution is -2.02. The Hall–Kier alpha value is -4.48. The number of hydrogen-bond donors (Lipinski definition) is 6. The van der Waals surface area contributed by atoms with Gasteiger partial charge in [0.25, 0.3) is 20.2 Å². The van der Waals surface area contributed by atoms with Gasteiger partial charge in [-0.25, -0.2) is 0 Å². The van der Waals surface area contributed by atoms with Crippen LogP contribution in [-0.2, 0) is 20.2 Å². The third-order valence-corrected chi connectivity index (χ3v) is 11.0. The van der Waals surface area contributed by atoms with Crippen molar-refractivity contribution in [1.29, 1.82) is 0 Å². The van der Waals surface area contributed by atoms with Crippen molar-refractivity contribution >= 4 is 121 Å². The first-order chi connectivity index (χ1) is 23.5. The van der Waals surface area contributed by atoms with Gasteiger partial charge in [0.1, 0.15) is 21.2 Å². The van der Waals surface area contributed by atoms with Crippen LogP contribution in [0.25, 0.3) is 32.7 Å². The Bertz CT molecular complexity index is 2470. The van der Waals surface area contributed by atoms with Gasteiger partial charge in [0.05, 0.1) is 22.1 Å². The van der Waals surface area contributed by atoms with Crippen molar-refractivity contribution in [2.24, 2.45) is 20.5 Å². The number of halogens is 2. The lowest BCUT2D eigenvalue weighted by atomic mass is 10.1. The molecule has 0 aliphatic carbocycles. The summed E-state index contributed by atoms with van der Waals surface area (Å²) >= 11 is 3.74. The quantitative estimate of drug-likeness (QED) is 0.0384. The standard InChI is InChI=1S/C32H22I2N6O8S2/c33-19-13-23(31(41)29-21(35)9-11-25(27(19)29)49(43,44)45)39-37-17-5-1-15(2-6-17)16-3-7-18(8-4-16)38-40-24-14-20(34)28-26(50(46,47)48)12-10-22(36)30(28)32(24)42/h1-14,41-42H,35-36H2,(H,43,44,45)(H,46,47,48). The highest BCUT2D eigenvalue weighted by atomic mass is 127. The number of rotatable bonds is 7. The number of phenolic OH excluding ortho intramolecular Hbond substituents is 2. The molecule has 14 nitrogen and oxygen atoms in total. The molecule has 0 heterocycles. The van der Waals surface area contributed by atoms with Crippen molar-refractivity contribution in [2.75, 3.05) is 11.5 Å². The summed E-state index contributed by atoms with van der Waals surface area (Å²) in [5, 5.41) is 38.7. The molecule has 0 atom stereocenters. The molecule has 0 unspecified atom stereocenters. The molecule has 8 N–H and O–H groups in total. The number of azo groups is 2. The number of benzene rings is 6. The Balaban J connectivity index is 1.22. The van der Waals surface area contributed by atoms with Crippen molar-refractivity contribution in [3.63, 3.8) is 0 Å². The fraction of sp³-hybridized carbons (Fsp3) is 0. The van der Waals surface area contributed by atoms with Crippen LogP contribution in [0.5, 0.6) is 11.5 Å². The van der Waals surface area contributed by atoms with Crippen LogP contribution in [0.3, 0.4) is 0 Å². The summed E-state index contributed by atoms with van der Waals surface area (Å²) in [4.78, 5) is -0.777. The van der Waals surface area contributed by atoms with Crippen LogP contribution in [0.4, 0.5) is 34.1 Å². The largest absolute Gasteiger partial charge is 0.505 e. The number of anilines is 2. The number of nitrogens with zero attached hydrogens (tertiary/aromatic N) is 4. The molecule has 0 radical (unpaired) electrons. The van der Waals surface area contributed by atoms with Crippen molar-refractivity contribution in [2.45, 2.75) is 9.79 Å². The van der Waals surface area contributed by atoms with Crippen LogP contribution in [0.15, 0.2) is 115 Å². The molecular formula is C32H22I2N6O8S2. The first kappa shape index (κ1) is 35.3. The van der Waals surface area contributed by atoms with E-state index >= 15 is 0 Å². The molecule has 18 heteroatoms. The summed E-state index contributed by atoms with van der Waals surface area (Å²) in [6, 6.07) is 21.8. The van der Waals surface area contributed by atoms with Crippen molar-refractivity contribution in [1.82, 2.24) is 0 Å². The Morgan fingerprint density at radius 2 is 0.840 bits per heavy atom. The van der Waals surface area contributed by atoms with Crippen molar-refractivity contribution < 1.29 is 36.2 Å². The van der Waals surface area contributed by atoms with E-state index in [1.165, 1.54) is 24.3 Å². The van der Waals surface area contributed by atoms with E-state index in [9.17, 15) is 36.2 Å². The molecule has 0 fully saturated rings. The van der Waals surface area contributed by atoms with Crippen LogP contribution in [0.1, 0.15) is 0 Å². The summed E-state index contributed by atoms with van der Waals surface area (Å²) in [6.07, 6.45) is 0. The number of phenols is 2. The average molecular weight is 937 g/mol. The van der Waals surface area contributed by atoms with E-state index in [-0.39, 0.29) is 65.6 Å². The molecule has 0 aliphatic rings. The summed E-state index contributed by atoms with van der Waals surface area (Å²) in [5.41, 5.74) is 15.0. The van der Waals surface area contributed by atoms with Gasteiger partial charge in [-0.2, -0.15) is 27.1 Å². The van der Waals surface area contributed by atoms with Gasteiger partial charge in [0.15, 0.2) is 11.5 Å². The van der Waals surface area contributed by atoms with Crippen LogP contribution >= 0.6 is 45.2 Å². The predicted octanol–water partition coefficient (Wildman–Crippen LogP) is 8.77. The van der Waals surface area contributed by atoms with Crippen LogP contribution in [0, 0.1) is 7.14 Å². The van der Waals surface area contributed by atoms with Gasteiger partial charge in [0.2, 0.25) is 0 Å². The molecule has 0 saturated heterocycles. The van der Waals surface area contributed by atoms with Gasteiger partial charge in [-0.3, -0.25) is 9.11 Å². The second kappa shape index (κ2) is 13.3. The molecule has 0 aliphatic heterocycles. The molecule has 6 aromatic rings. The summed E-state index contributed by atoms with van der Waals surface area (Å²) < 4.78 is 67.6. The fourth-order valence-corrected chi connectivity index (χ4v) is 8.70. The SMILES string of the molecule is Nc1ccc(S(=O)(=O)O)c2c(I)cc(N=Nc3ccc(-c4ccc(N=Nc5cc(I)c6c(S(=O)(=O)O)ccc(N)c6c5O)cc4)cc3)c(O)c12. The molecule has 0 spiro atoms. The number of hydrogen-bond acceptors (Lipinski definition) is 12. The van der Waals surface area contributed by atoms with Crippen LogP contribution < -0.4 is 11.5 Å². The smallest absolute Gasteiger partial charge is 0.295 e. The molecule has 0 saturated carbocycles. The normalized spacial score (nSPS) is 12.5. The number of nitrogens with two attached hydrogens (primary N) is 2. The zero-order chi connectivity index (χ0) is 36.1. The first-order valence-electron chi connectivity index (χ1n) is 14.0. The highest BCUT2D eigenvalue weighted by Crippen LogP contribution is 2.45. The minimum atomic E-state index is -4.58. The summed E-state index contributed by atoms with van der Waals surface area (Å²) in [7, 11) is -9.17. The van der Waals surface area contributed by atoms with E-state index in [0.717, 1.165) is 23.3 Å².